The van der Waals surface area contributed by atoms with Crippen LogP contribution in [0.25, 0.3) is 22.3 Å². The lowest BCUT2D eigenvalue weighted by atomic mass is 9.99. The first-order valence-corrected chi connectivity index (χ1v) is 8.85. The highest BCUT2D eigenvalue weighted by Crippen LogP contribution is 2.31. The SMILES string of the molecule is O=C(NC1CC1)c1ccc(Cl)c(-c2ccc(-c3ccccc3)cc2)c1. The minimum Gasteiger partial charge on any atom is -0.349 e. The lowest BCUT2D eigenvalue weighted by Gasteiger charge is -2.10. The van der Waals surface area contributed by atoms with E-state index in [1.165, 1.54) is 5.56 Å². The third-order valence-corrected chi connectivity index (χ3v) is 4.77. The van der Waals surface area contributed by atoms with E-state index in [0.717, 1.165) is 29.5 Å². The van der Waals surface area contributed by atoms with Crippen molar-refractivity contribution in [1.82, 2.24) is 5.32 Å². The smallest absolute Gasteiger partial charge is 0.251 e. The summed E-state index contributed by atoms with van der Waals surface area (Å²) >= 11 is 6.38. The number of halogens is 1. The van der Waals surface area contributed by atoms with Gasteiger partial charge in [-0.05, 0) is 47.7 Å². The number of nitrogens with one attached hydrogen (secondary N) is 1. The number of rotatable bonds is 4. The molecule has 3 aromatic rings. The molecule has 0 heterocycles. The van der Waals surface area contributed by atoms with Crippen LogP contribution in [0.15, 0.2) is 72.8 Å². The number of hydrogen-bond donors (Lipinski definition) is 1. The maximum atomic E-state index is 12.3. The van der Waals surface area contributed by atoms with Crippen molar-refractivity contribution in [3.63, 3.8) is 0 Å². The molecule has 0 aromatic heterocycles. The Labute approximate surface area is 152 Å². The van der Waals surface area contributed by atoms with Crippen molar-refractivity contribution in [2.75, 3.05) is 0 Å². The molecule has 1 saturated carbocycles. The Morgan fingerprint density at radius 2 is 1.48 bits per heavy atom. The fourth-order valence-electron chi connectivity index (χ4n) is 2.86. The van der Waals surface area contributed by atoms with Gasteiger partial charge in [0.05, 0.1) is 0 Å². The Kier molecular flexibility index (Phi) is 4.29. The second-order valence-corrected chi connectivity index (χ2v) is 6.79. The fraction of sp³-hybridized carbons (Fsp3) is 0.136. The molecular weight excluding hydrogens is 330 g/mol. The van der Waals surface area contributed by atoms with E-state index in [4.69, 9.17) is 11.6 Å². The lowest BCUT2D eigenvalue weighted by molar-refractivity contribution is 0.0951. The van der Waals surface area contributed by atoms with Gasteiger partial charge >= 0.3 is 0 Å². The summed E-state index contributed by atoms with van der Waals surface area (Å²) in [5, 5.41) is 3.67. The number of amides is 1. The fourth-order valence-corrected chi connectivity index (χ4v) is 3.08. The molecule has 124 valence electrons. The first kappa shape index (κ1) is 15.9. The van der Waals surface area contributed by atoms with Gasteiger partial charge in [-0.3, -0.25) is 4.79 Å². The van der Waals surface area contributed by atoms with Gasteiger partial charge in [0.25, 0.3) is 5.91 Å². The lowest BCUT2D eigenvalue weighted by Crippen LogP contribution is -2.25. The van der Waals surface area contributed by atoms with E-state index in [-0.39, 0.29) is 5.91 Å². The quantitative estimate of drug-likeness (QED) is 0.657. The largest absolute Gasteiger partial charge is 0.349 e. The number of benzene rings is 3. The summed E-state index contributed by atoms with van der Waals surface area (Å²) in [6.45, 7) is 0. The van der Waals surface area contributed by atoms with Gasteiger partial charge < -0.3 is 5.32 Å². The minimum absolute atomic E-state index is 0.0266. The zero-order chi connectivity index (χ0) is 17.2. The molecule has 4 rings (SSSR count). The average molecular weight is 348 g/mol. The molecule has 3 heteroatoms. The van der Waals surface area contributed by atoms with Crippen LogP contribution in [0.4, 0.5) is 0 Å². The molecule has 1 aliphatic carbocycles. The zero-order valence-electron chi connectivity index (χ0n) is 13.7. The van der Waals surface area contributed by atoms with Gasteiger partial charge in [0.2, 0.25) is 0 Å². The summed E-state index contributed by atoms with van der Waals surface area (Å²) in [7, 11) is 0. The van der Waals surface area contributed by atoms with Crippen LogP contribution in [-0.4, -0.2) is 11.9 Å². The number of hydrogen-bond acceptors (Lipinski definition) is 1. The molecule has 1 amide bonds. The van der Waals surface area contributed by atoms with Crippen LogP contribution in [0.2, 0.25) is 5.02 Å². The first-order chi connectivity index (χ1) is 12.2. The summed E-state index contributed by atoms with van der Waals surface area (Å²) < 4.78 is 0. The summed E-state index contributed by atoms with van der Waals surface area (Å²) in [6.07, 6.45) is 2.15. The van der Waals surface area contributed by atoms with Crippen molar-refractivity contribution >= 4 is 17.5 Å². The molecule has 3 aromatic carbocycles. The third kappa shape index (κ3) is 3.59. The third-order valence-electron chi connectivity index (χ3n) is 4.44. The van der Waals surface area contributed by atoms with Gasteiger partial charge in [0.15, 0.2) is 0 Å². The van der Waals surface area contributed by atoms with Crippen LogP contribution < -0.4 is 5.32 Å². The van der Waals surface area contributed by atoms with Crippen LogP contribution in [-0.2, 0) is 0 Å². The number of carbonyl (C=O) groups excluding carboxylic acids is 1. The Balaban J connectivity index is 1.63. The maximum absolute atomic E-state index is 12.3. The summed E-state index contributed by atoms with van der Waals surface area (Å²) in [6, 6.07) is 24.3. The van der Waals surface area contributed by atoms with Crippen molar-refractivity contribution in [3.05, 3.63) is 83.4 Å². The standard InChI is InChI=1S/C22H18ClNO/c23-21-13-10-18(22(25)24-19-11-12-19)14-20(21)17-8-6-16(7-9-17)15-4-2-1-3-5-15/h1-10,13-14,19H,11-12H2,(H,24,25). The van der Waals surface area contributed by atoms with E-state index in [9.17, 15) is 4.79 Å². The molecule has 0 radical (unpaired) electrons. The zero-order valence-corrected chi connectivity index (χ0v) is 14.5. The highest BCUT2D eigenvalue weighted by atomic mass is 35.5. The molecule has 0 atom stereocenters. The van der Waals surface area contributed by atoms with E-state index in [2.05, 4.69) is 29.6 Å². The molecule has 2 nitrogen and oxygen atoms in total. The Bertz CT molecular complexity index is 899. The van der Waals surface area contributed by atoms with Gasteiger partial charge in [-0.1, -0.05) is 66.2 Å². The monoisotopic (exact) mass is 347 g/mol. The molecule has 25 heavy (non-hydrogen) atoms. The van der Waals surface area contributed by atoms with Crippen molar-refractivity contribution in [2.24, 2.45) is 0 Å². The van der Waals surface area contributed by atoms with Crippen molar-refractivity contribution < 1.29 is 4.79 Å². The van der Waals surface area contributed by atoms with E-state index in [0.29, 0.717) is 16.6 Å². The van der Waals surface area contributed by atoms with Gasteiger partial charge in [-0.2, -0.15) is 0 Å². The Morgan fingerprint density at radius 1 is 0.840 bits per heavy atom. The summed E-state index contributed by atoms with van der Waals surface area (Å²) in [5.41, 5.74) is 4.87. The van der Waals surface area contributed by atoms with Crippen LogP contribution in [0.3, 0.4) is 0 Å². The number of carbonyl (C=O) groups is 1. The average Bonchev–Trinajstić information content (AvgIpc) is 3.47. The minimum atomic E-state index is -0.0266. The van der Waals surface area contributed by atoms with E-state index in [1.54, 1.807) is 12.1 Å². The normalized spacial score (nSPS) is 13.5. The molecular formula is C22H18ClNO. The molecule has 0 bridgehead atoms. The van der Waals surface area contributed by atoms with Crippen LogP contribution in [0, 0.1) is 0 Å². The molecule has 1 fully saturated rings. The van der Waals surface area contributed by atoms with Crippen LogP contribution in [0.1, 0.15) is 23.2 Å². The Morgan fingerprint density at radius 3 is 2.16 bits per heavy atom. The van der Waals surface area contributed by atoms with Gasteiger partial charge in [-0.15, -0.1) is 0 Å². The van der Waals surface area contributed by atoms with Crippen LogP contribution in [0.5, 0.6) is 0 Å². The summed E-state index contributed by atoms with van der Waals surface area (Å²) in [5.74, 6) is -0.0266. The topological polar surface area (TPSA) is 29.1 Å². The summed E-state index contributed by atoms with van der Waals surface area (Å²) in [4.78, 5) is 12.3. The van der Waals surface area contributed by atoms with Gasteiger partial charge in [0, 0.05) is 22.2 Å². The van der Waals surface area contributed by atoms with Crippen molar-refractivity contribution in [3.8, 4) is 22.3 Å². The Hall–Kier alpha value is -2.58. The second kappa shape index (κ2) is 6.73. The van der Waals surface area contributed by atoms with Crippen LogP contribution >= 0.6 is 11.6 Å². The first-order valence-electron chi connectivity index (χ1n) is 8.47. The van der Waals surface area contributed by atoms with Gasteiger partial charge in [-0.25, -0.2) is 0 Å². The maximum Gasteiger partial charge on any atom is 0.251 e. The molecule has 0 unspecified atom stereocenters. The molecule has 1 aliphatic rings. The second-order valence-electron chi connectivity index (χ2n) is 6.39. The predicted molar refractivity (Wildman–Crippen MR) is 103 cm³/mol. The van der Waals surface area contributed by atoms with E-state index in [1.807, 2.05) is 36.4 Å². The predicted octanol–water partition coefficient (Wildman–Crippen LogP) is 5.57. The van der Waals surface area contributed by atoms with Crippen molar-refractivity contribution in [1.29, 1.82) is 0 Å². The molecule has 0 saturated heterocycles. The molecule has 1 N–H and O–H groups in total. The molecule has 0 spiro atoms. The highest BCUT2D eigenvalue weighted by Gasteiger charge is 2.24. The molecule has 0 aliphatic heterocycles. The van der Waals surface area contributed by atoms with E-state index < -0.39 is 0 Å². The van der Waals surface area contributed by atoms with Gasteiger partial charge in [0.1, 0.15) is 0 Å². The van der Waals surface area contributed by atoms with E-state index >= 15 is 0 Å². The van der Waals surface area contributed by atoms with Crippen molar-refractivity contribution in [2.45, 2.75) is 18.9 Å². The highest BCUT2D eigenvalue weighted by molar-refractivity contribution is 6.33.